The van der Waals surface area contributed by atoms with E-state index in [4.69, 9.17) is 0 Å². The van der Waals surface area contributed by atoms with Gasteiger partial charge in [-0.1, -0.05) is 0 Å². The smallest absolute Gasteiger partial charge is 0.250 e. The Morgan fingerprint density at radius 1 is 1.36 bits per heavy atom. The summed E-state index contributed by atoms with van der Waals surface area (Å²) < 4.78 is 1.81. The van der Waals surface area contributed by atoms with E-state index in [-0.39, 0.29) is 0 Å². The molecule has 1 aliphatic heterocycles. The molecule has 1 aliphatic rings. The molecule has 3 rings (SSSR count). The van der Waals surface area contributed by atoms with Gasteiger partial charge in [-0.05, 0) is 19.4 Å². The lowest BCUT2D eigenvalue weighted by atomic mass is 10.2. The second-order valence-electron chi connectivity index (χ2n) is 3.49. The molecule has 0 amide bonds. The highest BCUT2D eigenvalue weighted by molar-refractivity contribution is 5.29. The van der Waals surface area contributed by atoms with Crippen LogP contribution in [0, 0.1) is 0 Å². The summed E-state index contributed by atoms with van der Waals surface area (Å²) in [5.41, 5.74) is 1.12. The molecular weight excluding hydrogens is 178 g/mol. The average molecular weight is 189 g/mol. The van der Waals surface area contributed by atoms with E-state index in [1.54, 1.807) is 12.4 Å². The van der Waals surface area contributed by atoms with Gasteiger partial charge >= 0.3 is 0 Å². The Hall–Kier alpha value is -1.49. The van der Waals surface area contributed by atoms with Crippen molar-refractivity contribution in [2.75, 3.05) is 6.54 Å². The highest BCUT2D eigenvalue weighted by Crippen LogP contribution is 2.22. The fourth-order valence-electron chi connectivity index (χ4n) is 1.93. The molecule has 72 valence electrons. The molecule has 0 bridgehead atoms. The van der Waals surface area contributed by atoms with Crippen molar-refractivity contribution in [2.45, 2.75) is 18.9 Å². The van der Waals surface area contributed by atoms with E-state index in [2.05, 4.69) is 20.4 Å². The second-order valence-corrected chi connectivity index (χ2v) is 3.49. The third kappa shape index (κ3) is 1.09. The van der Waals surface area contributed by atoms with Gasteiger partial charge < -0.3 is 5.32 Å². The van der Waals surface area contributed by atoms with Crippen molar-refractivity contribution in [2.24, 2.45) is 0 Å². The van der Waals surface area contributed by atoms with Gasteiger partial charge in [-0.15, -0.1) is 0 Å². The van der Waals surface area contributed by atoms with Crippen molar-refractivity contribution < 1.29 is 0 Å². The lowest BCUT2D eigenvalue weighted by Crippen LogP contribution is -2.15. The van der Waals surface area contributed by atoms with Gasteiger partial charge in [-0.3, -0.25) is 0 Å². The Bertz CT molecular complexity index is 443. The molecule has 2 aromatic heterocycles. The van der Waals surface area contributed by atoms with Crippen LogP contribution in [0.1, 0.15) is 24.6 Å². The van der Waals surface area contributed by atoms with Crippen LogP contribution in [0.4, 0.5) is 0 Å². The Kier molecular flexibility index (Phi) is 1.70. The van der Waals surface area contributed by atoms with Gasteiger partial charge in [0.05, 0.1) is 30.3 Å². The predicted octanol–water partition coefficient (Wildman–Crippen LogP) is 0.549. The van der Waals surface area contributed by atoms with E-state index < -0.39 is 0 Å². The van der Waals surface area contributed by atoms with Crippen molar-refractivity contribution in [1.29, 1.82) is 0 Å². The largest absolute Gasteiger partial charge is 0.309 e. The number of imidazole rings is 1. The summed E-state index contributed by atoms with van der Waals surface area (Å²) >= 11 is 0. The fraction of sp³-hybridized carbons (Fsp3) is 0.444. The molecule has 5 nitrogen and oxygen atoms in total. The van der Waals surface area contributed by atoms with Gasteiger partial charge in [0, 0.05) is 0 Å². The van der Waals surface area contributed by atoms with Crippen molar-refractivity contribution in [3.63, 3.8) is 0 Å². The van der Waals surface area contributed by atoms with Crippen LogP contribution in [0.2, 0.25) is 0 Å². The number of hydrogen-bond acceptors (Lipinski definition) is 4. The highest BCUT2D eigenvalue weighted by atomic mass is 15.3. The number of hydrogen-bond donors (Lipinski definition) is 1. The van der Waals surface area contributed by atoms with E-state index in [1.807, 2.05) is 10.7 Å². The lowest BCUT2D eigenvalue weighted by molar-refractivity contribution is 0.606. The number of nitrogens with zero attached hydrogens (tertiary/aromatic N) is 4. The van der Waals surface area contributed by atoms with Crippen LogP contribution in [-0.2, 0) is 0 Å². The first-order valence-corrected chi connectivity index (χ1v) is 4.83. The van der Waals surface area contributed by atoms with Crippen molar-refractivity contribution >= 4 is 5.78 Å². The molecule has 0 aromatic carbocycles. The minimum Gasteiger partial charge on any atom is -0.309 e. The molecule has 1 N–H and O–H groups in total. The predicted molar refractivity (Wildman–Crippen MR) is 50.8 cm³/mol. The Morgan fingerprint density at radius 2 is 2.36 bits per heavy atom. The number of rotatable bonds is 1. The van der Waals surface area contributed by atoms with Gasteiger partial charge in [-0.2, -0.15) is 9.61 Å². The van der Waals surface area contributed by atoms with Crippen molar-refractivity contribution in [1.82, 2.24) is 24.9 Å². The number of aromatic nitrogens is 4. The third-order valence-electron chi connectivity index (χ3n) is 2.60. The molecule has 1 atom stereocenters. The molecule has 0 radical (unpaired) electrons. The quantitative estimate of drug-likeness (QED) is 0.711. The zero-order chi connectivity index (χ0) is 9.38. The van der Waals surface area contributed by atoms with Gasteiger partial charge in [0.2, 0.25) is 0 Å². The van der Waals surface area contributed by atoms with Crippen LogP contribution in [0.3, 0.4) is 0 Å². The second kappa shape index (κ2) is 3.02. The molecule has 3 heterocycles. The summed E-state index contributed by atoms with van der Waals surface area (Å²) in [6, 6.07) is 0.390. The van der Waals surface area contributed by atoms with E-state index in [9.17, 15) is 0 Å². The zero-order valence-corrected chi connectivity index (χ0v) is 7.72. The van der Waals surface area contributed by atoms with Crippen molar-refractivity contribution in [3.8, 4) is 0 Å². The number of nitrogens with one attached hydrogen (secondary N) is 1. The minimum atomic E-state index is 0.390. The highest BCUT2D eigenvalue weighted by Gasteiger charge is 2.20. The maximum atomic E-state index is 4.24. The summed E-state index contributed by atoms with van der Waals surface area (Å²) in [7, 11) is 0. The van der Waals surface area contributed by atoms with Gasteiger partial charge in [0.1, 0.15) is 0 Å². The zero-order valence-electron chi connectivity index (χ0n) is 7.72. The molecule has 14 heavy (non-hydrogen) atoms. The third-order valence-corrected chi connectivity index (χ3v) is 2.60. The Labute approximate surface area is 81.2 Å². The fourth-order valence-corrected chi connectivity index (χ4v) is 1.93. The van der Waals surface area contributed by atoms with Gasteiger partial charge in [0.15, 0.2) is 0 Å². The molecule has 2 aromatic rings. The molecule has 1 unspecified atom stereocenters. The molecule has 1 saturated heterocycles. The first kappa shape index (κ1) is 7.87. The first-order chi connectivity index (χ1) is 6.95. The molecule has 5 heteroatoms. The van der Waals surface area contributed by atoms with Crippen LogP contribution < -0.4 is 5.32 Å². The maximum Gasteiger partial charge on any atom is 0.250 e. The molecular formula is C9H11N5. The lowest BCUT2D eigenvalue weighted by Gasteiger charge is -2.07. The maximum absolute atomic E-state index is 4.24. The van der Waals surface area contributed by atoms with E-state index in [0.29, 0.717) is 11.8 Å². The Morgan fingerprint density at radius 3 is 3.21 bits per heavy atom. The standard InChI is InChI=1S/C9H11N5/c1-2-7(10-3-1)8-6-12-9-11-4-5-13-14(8)9/h4-7,10H,1-3H2. The normalized spacial score (nSPS) is 21.9. The summed E-state index contributed by atoms with van der Waals surface area (Å²) in [6.07, 6.45) is 7.59. The van der Waals surface area contributed by atoms with E-state index in [0.717, 1.165) is 18.7 Å². The Balaban J connectivity index is 2.11. The monoisotopic (exact) mass is 189 g/mol. The summed E-state index contributed by atoms with van der Waals surface area (Å²) in [6.45, 7) is 1.08. The van der Waals surface area contributed by atoms with Gasteiger partial charge in [0.25, 0.3) is 5.78 Å². The first-order valence-electron chi connectivity index (χ1n) is 4.83. The van der Waals surface area contributed by atoms with Crippen LogP contribution in [0.15, 0.2) is 18.6 Å². The van der Waals surface area contributed by atoms with Crippen LogP contribution >= 0.6 is 0 Å². The van der Waals surface area contributed by atoms with Crippen LogP contribution in [-0.4, -0.2) is 26.1 Å². The topological polar surface area (TPSA) is 55.1 Å². The van der Waals surface area contributed by atoms with Crippen LogP contribution in [0.5, 0.6) is 0 Å². The van der Waals surface area contributed by atoms with Gasteiger partial charge in [-0.25, -0.2) is 9.97 Å². The minimum absolute atomic E-state index is 0.390. The molecule has 0 spiro atoms. The summed E-state index contributed by atoms with van der Waals surface area (Å²) in [5.74, 6) is 0.677. The van der Waals surface area contributed by atoms with Crippen LogP contribution in [0.25, 0.3) is 5.78 Å². The molecule has 1 fully saturated rings. The molecule has 0 saturated carbocycles. The van der Waals surface area contributed by atoms with Crippen molar-refractivity contribution in [3.05, 3.63) is 24.3 Å². The SMILES string of the molecule is c1cnn2c(C3CCCN3)cnc2n1. The summed E-state index contributed by atoms with van der Waals surface area (Å²) in [4.78, 5) is 8.35. The average Bonchev–Trinajstić information content (AvgIpc) is 2.85. The van der Waals surface area contributed by atoms with E-state index >= 15 is 0 Å². The molecule has 0 aliphatic carbocycles. The number of fused-ring (bicyclic) bond motifs is 1. The summed E-state index contributed by atoms with van der Waals surface area (Å²) in [5, 5.41) is 7.66. The van der Waals surface area contributed by atoms with E-state index in [1.165, 1.54) is 6.42 Å².